The molecule has 0 unspecified atom stereocenters. The van der Waals surface area contributed by atoms with E-state index in [-0.39, 0.29) is 5.91 Å². The number of ether oxygens (including phenoxy) is 2. The summed E-state index contributed by atoms with van der Waals surface area (Å²) in [7, 11) is 3.15. The molecule has 0 radical (unpaired) electrons. The zero-order valence-corrected chi connectivity index (χ0v) is 10.7. The van der Waals surface area contributed by atoms with E-state index in [4.69, 9.17) is 9.47 Å². The maximum Gasteiger partial charge on any atom is 0.224 e. The molecule has 1 amide bonds. The molecule has 1 N–H and O–H groups in total. The van der Waals surface area contributed by atoms with Crippen molar-refractivity contribution >= 4 is 11.6 Å². The standard InChI is InChI=1S/C13H19NO3/c1-9(2)7-13(15)14-10-5-6-11(16-3)12(8-10)17-4/h5-6,8-9H,7H2,1-4H3,(H,14,15). The van der Waals surface area contributed by atoms with Crippen molar-refractivity contribution in [3.63, 3.8) is 0 Å². The van der Waals surface area contributed by atoms with Crippen LogP contribution in [0.15, 0.2) is 18.2 Å². The number of hydrogen-bond donors (Lipinski definition) is 1. The average molecular weight is 237 g/mol. The molecule has 0 saturated carbocycles. The highest BCUT2D eigenvalue weighted by atomic mass is 16.5. The largest absolute Gasteiger partial charge is 0.493 e. The van der Waals surface area contributed by atoms with Crippen molar-refractivity contribution in [2.24, 2.45) is 5.92 Å². The van der Waals surface area contributed by atoms with Crippen molar-refractivity contribution in [1.82, 2.24) is 0 Å². The van der Waals surface area contributed by atoms with Gasteiger partial charge in [0, 0.05) is 18.2 Å². The second kappa shape index (κ2) is 6.13. The Bertz CT molecular complexity index is 388. The molecule has 0 heterocycles. The van der Waals surface area contributed by atoms with Gasteiger partial charge in [0.1, 0.15) is 0 Å². The van der Waals surface area contributed by atoms with Crippen LogP contribution in [0.1, 0.15) is 20.3 Å². The SMILES string of the molecule is COc1ccc(NC(=O)CC(C)C)cc1OC. The van der Waals surface area contributed by atoms with E-state index in [1.54, 1.807) is 32.4 Å². The molecule has 4 nitrogen and oxygen atoms in total. The predicted octanol–water partition coefficient (Wildman–Crippen LogP) is 2.69. The number of benzene rings is 1. The second-order valence-corrected chi connectivity index (χ2v) is 4.22. The summed E-state index contributed by atoms with van der Waals surface area (Å²) in [6.45, 7) is 4.02. The molecular weight excluding hydrogens is 218 g/mol. The van der Waals surface area contributed by atoms with Crippen LogP contribution in [0.25, 0.3) is 0 Å². The van der Waals surface area contributed by atoms with E-state index >= 15 is 0 Å². The van der Waals surface area contributed by atoms with Gasteiger partial charge in [-0.15, -0.1) is 0 Å². The first-order valence-electron chi connectivity index (χ1n) is 5.58. The summed E-state index contributed by atoms with van der Waals surface area (Å²) in [5.74, 6) is 1.60. The van der Waals surface area contributed by atoms with Crippen LogP contribution < -0.4 is 14.8 Å². The molecule has 4 heteroatoms. The Labute approximate surface area is 102 Å². The Morgan fingerprint density at radius 3 is 2.41 bits per heavy atom. The molecule has 0 aromatic heterocycles. The van der Waals surface area contributed by atoms with Gasteiger partial charge in [-0.1, -0.05) is 13.8 Å². The molecule has 1 aromatic rings. The van der Waals surface area contributed by atoms with Crippen LogP contribution in [0.3, 0.4) is 0 Å². The summed E-state index contributed by atoms with van der Waals surface area (Å²) in [5, 5.41) is 2.82. The molecule has 0 spiro atoms. The minimum Gasteiger partial charge on any atom is -0.493 e. The van der Waals surface area contributed by atoms with E-state index in [1.165, 1.54) is 0 Å². The van der Waals surface area contributed by atoms with Crippen LogP contribution in [0.4, 0.5) is 5.69 Å². The van der Waals surface area contributed by atoms with Crippen molar-refractivity contribution in [1.29, 1.82) is 0 Å². The molecule has 0 fully saturated rings. The highest BCUT2D eigenvalue weighted by Gasteiger charge is 2.08. The van der Waals surface area contributed by atoms with Gasteiger partial charge in [-0.25, -0.2) is 0 Å². The Morgan fingerprint density at radius 2 is 1.88 bits per heavy atom. The van der Waals surface area contributed by atoms with Gasteiger partial charge in [-0.3, -0.25) is 4.79 Å². The normalized spacial score (nSPS) is 10.2. The minimum absolute atomic E-state index is 0.00669. The topological polar surface area (TPSA) is 47.6 Å². The smallest absolute Gasteiger partial charge is 0.224 e. The van der Waals surface area contributed by atoms with Crippen molar-refractivity contribution in [2.75, 3.05) is 19.5 Å². The molecule has 0 atom stereocenters. The molecule has 1 aromatic carbocycles. The molecule has 0 saturated heterocycles. The van der Waals surface area contributed by atoms with Gasteiger partial charge in [0.05, 0.1) is 14.2 Å². The number of anilines is 1. The lowest BCUT2D eigenvalue weighted by atomic mass is 10.1. The zero-order valence-electron chi connectivity index (χ0n) is 10.7. The quantitative estimate of drug-likeness (QED) is 0.856. The Kier molecular flexibility index (Phi) is 4.82. The zero-order chi connectivity index (χ0) is 12.8. The predicted molar refractivity (Wildman–Crippen MR) is 67.6 cm³/mol. The van der Waals surface area contributed by atoms with E-state index in [0.29, 0.717) is 29.5 Å². The third-order valence-electron chi connectivity index (χ3n) is 2.26. The number of methoxy groups -OCH3 is 2. The molecule has 0 aliphatic heterocycles. The number of rotatable bonds is 5. The van der Waals surface area contributed by atoms with Crippen LogP contribution in [0.2, 0.25) is 0 Å². The summed E-state index contributed by atoms with van der Waals surface area (Å²) < 4.78 is 10.3. The number of hydrogen-bond acceptors (Lipinski definition) is 3. The molecule has 0 bridgehead atoms. The lowest BCUT2D eigenvalue weighted by molar-refractivity contribution is -0.116. The molecule has 94 valence electrons. The molecule has 17 heavy (non-hydrogen) atoms. The van der Waals surface area contributed by atoms with Crippen LogP contribution in [-0.4, -0.2) is 20.1 Å². The first-order valence-corrected chi connectivity index (χ1v) is 5.58. The molecular formula is C13H19NO3. The summed E-state index contributed by atoms with van der Waals surface area (Å²) in [4.78, 5) is 11.6. The summed E-state index contributed by atoms with van der Waals surface area (Å²) in [5.41, 5.74) is 0.716. The monoisotopic (exact) mass is 237 g/mol. The first kappa shape index (κ1) is 13.4. The van der Waals surface area contributed by atoms with E-state index in [1.807, 2.05) is 13.8 Å². The summed E-state index contributed by atoms with van der Waals surface area (Å²) >= 11 is 0. The van der Waals surface area contributed by atoms with Crippen LogP contribution >= 0.6 is 0 Å². The summed E-state index contributed by atoms with van der Waals surface area (Å²) in [6, 6.07) is 5.31. The fourth-order valence-electron chi connectivity index (χ4n) is 1.50. The van der Waals surface area contributed by atoms with Crippen LogP contribution in [-0.2, 0) is 4.79 Å². The Hall–Kier alpha value is -1.71. The Balaban J connectivity index is 2.75. The fraction of sp³-hybridized carbons (Fsp3) is 0.462. The van der Waals surface area contributed by atoms with E-state index < -0.39 is 0 Å². The van der Waals surface area contributed by atoms with Gasteiger partial charge in [-0.2, -0.15) is 0 Å². The van der Waals surface area contributed by atoms with Gasteiger partial charge >= 0.3 is 0 Å². The van der Waals surface area contributed by atoms with Gasteiger partial charge in [0.2, 0.25) is 5.91 Å². The van der Waals surface area contributed by atoms with E-state index in [0.717, 1.165) is 0 Å². The first-order chi connectivity index (χ1) is 8.06. The van der Waals surface area contributed by atoms with Gasteiger partial charge in [0.25, 0.3) is 0 Å². The van der Waals surface area contributed by atoms with E-state index in [9.17, 15) is 4.79 Å². The Morgan fingerprint density at radius 1 is 1.24 bits per heavy atom. The third-order valence-corrected chi connectivity index (χ3v) is 2.26. The van der Waals surface area contributed by atoms with Gasteiger partial charge in [0.15, 0.2) is 11.5 Å². The molecule has 0 aliphatic carbocycles. The lowest BCUT2D eigenvalue weighted by Crippen LogP contribution is -2.13. The van der Waals surface area contributed by atoms with Crippen molar-refractivity contribution in [3.8, 4) is 11.5 Å². The lowest BCUT2D eigenvalue weighted by Gasteiger charge is -2.11. The second-order valence-electron chi connectivity index (χ2n) is 4.22. The minimum atomic E-state index is 0.00669. The number of carbonyl (C=O) groups is 1. The maximum absolute atomic E-state index is 11.6. The number of nitrogens with one attached hydrogen (secondary N) is 1. The fourth-order valence-corrected chi connectivity index (χ4v) is 1.50. The average Bonchev–Trinajstić information content (AvgIpc) is 2.27. The maximum atomic E-state index is 11.6. The van der Waals surface area contributed by atoms with Gasteiger partial charge < -0.3 is 14.8 Å². The van der Waals surface area contributed by atoms with Crippen LogP contribution in [0.5, 0.6) is 11.5 Å². The van der Waals surface area contributed by atoms with Crippen molar-refractivity contribution in [2.45, 2.75) is 20.3 Å². The summed E-state index contributed by atoms with van der Waals surface area (Å²) in [6.07, 6.45) is 0.508. The molecule has 1 rings (SSSR count). The highest BCUT2D eigenvalue weighted by molar-refractivity contribution is 5.91. The van der Waals surface area contributed by atoms with Crippen LogP contribution in [0, 0.1) is 5.92 Å². The van der Waals surface area contributed by atoms with E-state index in [2.05, 4.69) is 5.32 Å². The third kappa shape index (κ3) is 3.98. The van der Waals surface area contributed by atoms with Crippen molar-refractivity contribution < 1.29 is 14.3 Å². The number of carbonyl (C=O) groups excluding carboxylic acids is 1. The molecule has 0 aliphatic rings. The van der Waals surface area contributed by atoms with Crippen molar-refractivity contribution in [3.05, 3.63) is 18.2 Å². The van der Waals surface area contributed by atoms with Gasteiger partial charge in [-0.05, 0) is 18.1 Å². The number of amides is 1. The highest BCUT2D eigenvalue weighted by Crippen LogP contribution is 2.29.